The Hall–Kier alpha value is -2.61. The molecular formula is C21H33N5O3. The zero-order valence-corrected chi connectivity index (χ0v) is 17.4. The summed E-state index contributed by atoms with van der Waals surface area (Å²) in [7, 11) is 0. The van der Waals surface area contributed by atoms with E-state index in [9.17, 15) is 9.59 Å². The summed E-state index contributed by atoms with van der Waals surface area (Å²) in [5, 5.41) is 10.3. The van der Waals surface area contributed by atoms with Crippen molar-refractivity contribution in [1.29, 1.82) is 5.41 Å². The molecule has 1 saturated heterocycles. The van der Waals surface area contributed by atoms with Crippen LogP contribution in [0, 0.1) is 5.41 Å². The smallest absolute Gasteiger partial charge is 0.307 e. The fourth-order valence-corrected chi connectivity index (χ4v) is 3.28. The van der Waals surface area contributed by atoms with Crippen molar-refractivity contribution < 1.29 is 14.3 Å². The molecule has 4 N–H and O–H groups in total. The third-order valence-corrected chi connectivity index (χ3v) is 5.14. The Morgan fingerprint density at radius 1 is 1.14 bits per heavy atom. The fraction of sp³-hybridized carbons (Fsp3) is 0.571. The van der Waals surface area contributed by atoms with Crippen LogP contribution in [0.25, 0.3) is 0 Å². The molecular weight excluding hydrogens is 370 g/mol. The molecule has 1 aliphatic rings. The van der Waals surface area contributed by atoms with Crippen LogP contribution in [-0.4, -0.2) is 68.0 Å². The van der Waals surface area contributed by atoms with Gasteiger partial charge < -0.3 is 20.7 Å². The van der Waals surface area contributed by atoms with Gasteiger partial charge in [0, 0.05) is 44.0 Å². The molecule has 0 unspecified atom stereocenters. The van der Waals surface area contributed by atoms with Gasteiger partial charge in [0.2, 0.25) is 5.91 Å². The van der Waals surface area contributed by atoms with Crippen LogP contribution >= 0.6 is 0 Å². The van der Waals surface area contributed by atoms with Gasteiger partial charge in [0.1, 0.15) is 11.9 Å². The number of nitrogens with zero attached hydrogens (tertiary/aromatic N) is 2. The molecule has 1 amide bonds. The normalized spacial score (nSPS) is 14.7. The standard InChI is InChI=1S/C21H33N5O3/c1-3-18(4-2)29-20(28)9-10-24-19(27)15-25-11-13-26(14-12-25)17-7-5-16(6-8-17)21(22)23/h5-8,18H,3-4,9-15H2,1-2H3,(H3,22,23)(H,24,27). The van der Waals surface area contributed by atoms with Crippen LogP contribution in [0.4, 0.5) is 5.69 Å². The average molecular weight is 404 g/mol. The highest BCUT2D eigenvalue weighted by Crippen LogP contribution is 2.17. The first-order valence-electron chi connectivity index (χ1n) is 10.3. The second-order valence-electron chi connectivity index (χ2n) is 7.25. The highest BCUT2D eigenvalue weighted by atomic mass is 16.5. The largest absolute Gasteiger partial charge is 0.462 e. The van der Waals surface area contributed by atoms with Gasteiger partial charge in [0.05, 0.1) is 13.0 Å². The minimum absolute atomic E-state index is 0.0341. The van der Waals surface area contributed by atoms with E-state index in [1.807, 2.05) is 38.1 Å². The van der Waals surface area contributed by atoms with Gasteiger partial charge in [-0.1, -0.05) is 13.8 Å². The maximum atomic E-state index is 12.1. The quantitative estimate of drug-likeness (QED) is 0.309. The lowest BCUT2D eigenvalue weighted by atomic mass is 10.1. The molecule has 0 atom stereocenters. The summed E-state index contributed by atoms with van der Waals surface area (Å²) in [6.45, 7) is 7.85. The van der Waals surface area contributed by atoms with Crippen molar-refractivity contribution in [3.8, 4) is 0 Å². The number of piperazine rings is 1. The van der Waals surface area contributed by atoms with Crippen molar-refractivity contribution in [2.24, 2.45) is 5.73 Å². The number of benzene rings is 1. The number of nitrogens with one attached hydrogen (secondary N) is 2. The third-order valence-electron chi connectivity index (χ3n) is 5.14. The molecule has 1 aromatic rings. The van der Waals surface area contributed by atoms with Gasteiger partial charge in [-0.2, -0.15) is 0 Å². The number of ether oxygens (including phenoxy) is 1. The molecule has 0 aliphatic carbocycles. The molecule has 0 spiro atoms. The van der Waals surface area contributed by atoms with Gasteiger partial charge in [-0.15, -0.1) is 0 Å². The van der Waals surface area contributed by atoms with E-state index in [0.717, 1.165) is 44.7 Å². The summed E-state index contributed by atoms with van der Waals surface area (Å²) in [4.78, 5) is 28.3. The van der Waals surface area contributed by atoms with Crippen molar-refractivity contribution in [3.05, 3.63) is 29.8 Å². The third kappa shape index (κ3) is 7.38. The van der Waals surface area contributed by atoms with Crippen molar-refractivity contribution >= 4 is 23.4 Å². The summed E-state index contributed by atoms with van der Waals surface area (Å²) in [5.41, 5.74) is 7.30. The van der Waals surface area contributed by atoms with E-state index in [4.69, 9.17) is 15.9 Å². The van der Waals surface area contributed by atoms with Gasteiger partial charge in [-0.25, -0.2) is 0 Å². The highest BCUT2D eigenvalue weighted by molar-refractivity contribution is 5.95. The van der Waals surface area contributed by atoms with Crippen LogP contribution in [0.15, 0.2) is 24.3 Å². The highest BCUT2D eigenvalue weighted by Gasteiger charge is 2.19. The number of anilines is 1. The first-order chi connectivity index (χ1) is 13.9. The zero-order chi connectivity index (χ0) is 21.2. The predicted octanol–water partition coefficient (Wildman–Crippen LogP) is 1.33. The molecule has 0 bridgehead atoms. The predicted molar refractivity (Wildman–Crippen MR) is 114 cm³/mol. The number of amides is 1. The van der Waals surface area contributed by atoms with Crippen LogP contribution in [0.1, 0.15) is 38.7 Å². The van der Waals surface area contributed by atoms with Gasteiger partial charge in [0.25, 0.3) is 0 Å². The Morgan fingerprint density at radius 2 is 1.76 bits per heavy atom. The molecule has 29 heavy (non-hydrogen) atoms. The average Bonchev–Trinajstić information content (AvgIpc) is 2.72. The molecule has 8 heteroatoms. The van der Waals surface area contributed by atoms with E-state index >= 15 is 0 Å². The van der Waals surface area contributed by atoms with Crippen LogP contribution < -0.4 is 16.0 Å². The number of carbonyl (C=O) groups excluding carboxylic acids is 2. The van der Waals surface area contributed by atoms with E-state index in [-0.39, 0.29) is 30.2 Å². The summed E-state index contributed by atoms with van der Waals surface area (Å²) in [5.74, 6) is -0.265. The van der Waals surface area contributed by atoms with Crippen LogP contribution in [0.5, 0.6) is 0 Å². The summed E-state index contributed by atoms with van der Waals surface area (Å²) in [6, 6.07) is 7.65. The van der Waals surface area contributed by atoms with Crippen LogP contribution in [-0.2, 0) is 14.3 Å². The summed E-state index contributed by atoms with van der Waals surface area (Å²) in [6.07, 6.45) is 1.78. The number of nitrogen functional groups attached to an aromatic ring is 1. The van der Waals surface area contributed by atoms with Gasteiger partial charge in [-0.3, -0.25) is 19.9 Å². The van der Waals surface area contributed by atoms with Crippen molar-refractivity contribution in [3.63, 3.8) is 0 Å². The minimum Gasteiger partial charge on any atom is -0.462 e. The number of amidine groups is 1. The molecule has 160 valence electrons. The molecule has 1 aromatic carbocycles. The van der Waals surface area contributed by atoms with Crippen molar-refractivity contribution in [1.82, 2.24) is 10.2 Å². The van der Waals surface area contributed by atoms with Gasteiger partial charge >= 0.3 is 5.97 Å². The number of carbonyl (C=O) groups is 2. The van der Waals surface area contributed by atoms with Crippen molar-refractivity contribution in [2.75, 3.05) is 44.2 Å². The molecule has 2 rings (SSSR count). The molecule has 1 fully saturated rings. The number of esters is 1. The van der Waals surface area contributed by atoms with Crippen LogP contribution in [0.2, 0.25) is 0 Å². The van der Waals surface area contributed by atoms with Gasteiger partial charge in [-0.05, 0) is 37.1 Å². The Bertz CT molecular complexity index is 680. The van der Waals surface area contributed by atoms with Crippen LogP contribution in [0.3, 0.4) is 0 Å². The lowest BCUT2D eigenvalue weighted by Crippen LogP contribution is -2.49. The maximum absolute atomic E-state index is 12.1. The summed E-state index contributed by atoms with van der Waals surface area (Å²) < 4.78 is 5.33. The number of rotatable bonds is 10. The SMILES string of the molecule is CCC(CC)OC(=O)CCNC(=O)CN1CCN(c2ccc(C(=N)N)cc2)CC1. The molecule has 0 saturated carbocycles. The lowest BCUT2D eigenvalue weighted by molar-refractivity contribution is -0.149. The van der Waals surface area contributed by atoms with Crippen molar-refractivity contribution in [2.45, 2.75) is 39.2 Å². The van der Waals surface area contributed by atoms with E-state index < -0.39 is 0 Å². The lowest BCUT2D eigenvalue weighted by Gasteiger charge is -2.35. The van der Waals surface area contributed by atoms with E-state index in [1.165, 1.54) is 0 Å². The fourth-order valence-electron chi connectivity index (χ4n) is 3.28. The summed E-state index contributed by atoms with van der Waals surface area (Å²) >= 11 is 0. The van der Waals surface area contributed by atoms with Gasteiger partial charge in [0.15, 0.2) is 0 Å². The zero-order valence-electron chi connectivity index (χ0n) is 17.4. The second-order valence-corrected chi connectivity index (χ2v) is 7.25. The maximum Gasteiger partial charge on any atom is 0.307 e. The number of hydrogen-bond donors (Lipinski definition) is 3. The second kappa shape index (κ2) is 11.4. The first-order valence-corrected chi connectivity index (χ1v) is 10.3. The molecule has 1 heterocycles. The topological polar surface area (TPSA) is 112 Å². The minimum atomic E-state index is -0.261. The van der Waals surface area contributed by atoms with E-state index in [0.29, 0.717) is 18.7 Å². The monoisotopic (exact) mass is 403 g/mol. The molecule has 8 nitrogen and oxygen atoms in total. The first kappa shape index (κ1) is 22.7. The molecule has 0 aromatic heterocycles. The number of nitrogens with two attached hydrogens (primary N) is 1. The molecule has 1 aliphatic heterocycles. The molecule has 0 radical (unpaired) electrons. The van der Waals surface area contributed by atoms with E-state index in [1.54, 1.807) is 0 Å². The Balaban J connectivity index is 1.66. The number of hydrogen-bond acceptors (Lipinski definition) is 6. The Kier molecular flexibility index (Phi) is 8.92. The Morgan fingerprint density at radius 3 is 2.31 bits per heavy atom. The van der Waals surface area contributed by atoms with E-state index in [2.05, 4.69) is 15.1 Å². The Labute approximate surface area is 172 Å².